The van der Waals surface area contributed by atoms with Crippen molar-refractivity contribution >= 4 is 21.8 Å². The highest BCUT2D eigenvalue weighted by molar-refractivity contribution is 9.10. The molecule has 1 aromatic carbocycles. The first kappa shape index (κ1) is 15.0. The minimum absolute atomic E-state index is 0.0529. The maximum Gasteiger partial charge on any atom is 0.220 e. The molecule has 0 heterocycles. The van der Waals surface area contributed by atoms with E-state index >= 15 is 0 Å². The van der Waals surface area contributed by atoms with Crippen molar-refractivity contribution in [2.24, 2.45) is 0 Å². The number of halogens is 1. The fourth-order valence-electron chi connectivity index (χ4n) is 1.47. The van der Waals surface area contributed by atoms with Gasteiger partial charge in [-0.15, -0.1) is 0 Å². The molecule has 18 heavy (non-hydrogen) atoms. The zero-order valence-electron chi connectivity index (χ0n) is 10.6. The number of aliphatic hydroxyl groups is 1. The number of carbonyl (C=O) groups excluding carboxylic acids is 1. The third kappa shape index (κ3) is 5.06. The summed E-state index contributed by atoms with van der Waals surface area (Å²) >= 11 is 3.41. The summed E-state index contributed by atoms with van der Waals surface area (Å²) in [4.78, 5) is 11.5. The molecule has 1 aromatic rings. The van der Waals surface area contributed by atoms with Gasteiger partial charge in [0.1, 0.15) is 5.75 Å². The summed E-state index contributed by atoms with van der Waals surface area (Å²) in [7, 11) is 1.61. The van der Waals surface area contributed by atoms with Crippen LogP contribution < -0.4 is 10.1 Å². The number of amides is 1. The van der Waals surface area contributed by atoms with Gasteiger partial charge in [-0.05, 0) is 47.0 Å². The molecule has 5 heteroatoms. The number of nitrogens with one attached hydrogen (secondary N) is 1. The lowest BCUT2D eigenvalue weighted by Gasteiger charge is -2.08. The number of hydrogen-bond donors (Lipinski definition) is 2. The summed E-state index contributed by atoms with van der Waals surface area (Å²) in [5.41, 5.74) is 1.06. The average molecular weight is 316 g/mol. The molecule has 0 spiro atoms. The predicted octanol–water partition coefficient (Wildman–Crippen LogP) is 1.89. The lowest BCUT2D eigenvalue weighted by Crippen LogP contribution is -2.30. The van der Waals surface area contributed by atoms with Gasteiger partial charge in [0.2, 0.25) is 5.91 Å². The van der Waals surface area contributed by atoms with Crippen LogP contribution in [0.25, 0.3) is 0 Å². The van der Waals surface area contributed by atoms with Gasteiger partial charge >= 0.3 is 0 Å². The Balaban J connectivity index is 2.43. The molecule has 0 bridgehead atoms. The minimum Gasteiger partial charge on any atom is -0.496 e. The highest BCUT2D eigenvalue weighted by atomic mass is 79.9. The zero-order valence-corrected chi connectivity index (χ0v) is 12.2. The first-order valence-corrected chi connectivity index (χ1v) is 6.59. The Morgan fingerprint density at radius 3 is 2.83 bits per heavy atom. The molecule has 0 aliphatic carbocycles. The summed E-state index contributed by atoms with van der Waals surface area (Å²) in [6, 6.07) is 5.75. The van der Waals surface area contributed by atoms with Gasteiger partial charge in [-0.2, -0.15) is 0 Å². The van der Waals surface area contributed by atoms with Crippen molar-refractivity contribution in [3.8, 4) is 5.75 Å². The third-order valence-corrected chi connectivity index (χ3v) is 3.07. The quantitative estimate of drug-likeness (QED) is 0.842. The van der Waals surface area contributed by atoms with Crippen LogP contribution in [0.3, 0.4) is 0 Å². The Morgan fingerprint density at radius 1 is 1.56 bits per heavy atom. The van der Waals surface area contributed by atoms with Gasteiger partial charge in [-0.3, -0.25) is 4.79 Å². The molecule has 4 nitrogen and oxygen atoms in total. The molecule has 2 N–H and O–H groups in total. The lowest BCUT2D eigenvalue weighted by atomic mass is 10.1. The molecule has 0 unspecified atom stereocenters. The van der Waals surface area contributed by atoms with Crippen molar-refractivity contribution in [2.45, 2.75) is 25.9 Å². The molecule has 0 aromatic heterocycles. The van der Waals surface area contributed by atoms with E-state index in [-0.39, 0.29) is 5.91 Å². The molecular weight excluding hydrogens is 298 g/mol. The van der Waals surface area contributed by atoms with E-state index in [1.54, 1.807) is 14.0 Å². The molecule has 100 valence electrons. The number of hydrogen-bond acceptors (Lipinski definition) is 3. The van der Waals surface area contributed by atoms with Crippen LogP contribution in [-0.2, 0) is 11.2 Å². The van der Waals surface area contributed by atoms with Gasteiger partial charge in [0.05, 0.1) is 17.7 Å². The van der Waals surface area contributed by atoms with Crippen molar-refractivity contribution in [1.82, 2.24) is 5.32 Å². The van der Waals surface area contributed by atoms with Gasteiger partial charge in [0.25, 0.3) is 0 Å². The Kier molecular flexibility index (Phi) is 6.15. The fraction of sp³-hybridized carbons (Fsp3) is 0.462. The maximum absolute atomic E-state index is 11.5. The Labute approximate surface area is 115 Å². The molecule has 0 radical (unpaired) electrons. The third-order valence-electron chi connectivity index (χ3n) is 2.45. The summed E-state index contributed by atoms with van der Waals surface area (Å²) in [5, 5.41) is 11.7. The molecule has 0 aliphatic rings. The first-order chi connectivity index (χ1) is 8.52. The SMILES string of the molecule is COc1ccc(CCC(=O)NC[C@H](C)O)cc1Br. The number of aryl methyl sites for hydroxylation is 1. The Bertz CT molecular complexity index is 407. The van der Waals surface area contributed by atoms with Crippen LogP contribution >= 0.6 is 15.9 Å². The fourth-order valence-corrected chi connectivity index (χ4v) is 2.06. The summed E-state index contributed by atoms with van der Waals surface area (Å²) in [6.45, 7) is 1.94. The van der Waals surface area contributed by atoms with Crippen LogP contribution in [0.2, 0.25) is 0 Å². The number of methoxy groups -OCH3 is 1. The second kappa shape index (κ2) is 7.38. The maximum atomic E-state index is 11.5. The van der Waals surface area contributed by atoms with Crippen molar-refractivity contribution in [3.05, 3.63) is 28.2 Å². The Morgan fingerprint density at radius 2 is 2.28 bits per heavy atom. The van der Waals surface area contributed by atoms with Gasteiger partial charge < -0.3 is 15.2 Å². The molecular formula is C13H18BrNO3. The highest BCUT2D eigenvalue weighted by Gasteiger charge is 2.05. The normalized spacial score (nSPS) is 12.0. The van der Waals surface area contributed by atoms with Crippen LogP contribution in [0, 0.1) is 0 Å². The van der Waals surface area contributed by atoms with Gasteiger partial charge in [0, 0.05) is 13.0 Å². The number of carbonyl (C=O) groups is 1. The largest absolute Gasteiger partial charge is 0.496 e. The smallest absolute Gasteiger partial charge is 0.220 e. The van der Waals surface area contributed by atoms with E-state index in [0.717, 1.165) is 15.8 Å². The lowest BCUT2D eigenvalue weighted by molar-refractivity contribution is -0.121. The van der Waals surface area contributed by atoms with E-state index < -0.39 is 6.10 Å². The topological polar surface area (TPSA) is 58.6 Å². The van der Waals surface area contributed by atoms with Crippen LogP contribution in [0.15, 0.2) is 22.7 Å². The Hall–Kier alpha value is -1.07. The molecule has 0 saturated heterocycles. The van der Waals surface area contributed by atoms with E-state index in [1.807, 2.05) is 18.2 Å². The second-order valence-electron chi connectivity index (χ2n) is 4.12. The first-order valence-electron chi connectivity index (χ1n) is 5.80. The van der Waals surface area contributed by atoms with E-state index in [4.69, 9.17) is 9.84 Å². The van der Waals surface area contributed by atoms with Crippen LogP contribution in [-0.4, -0.2) is 30.8 Å². The average Bonchev–Trinajstić information content (AvgIpc) is 2.34. The minimum atomic E-state index is -0.510. The molecule has 1 rings (SSSR count). The molecule has 0 fully saturated rings. The van der Waals surface area contributed by atoms with Gasteiger partial charge in [0.15, 0.2) is 0 Å². The summed E-state index contributed by atoms with van der Waals surface area (Å²) in [5.74, 6) is 0.722. The summed E-state index contributed by atoms with van der Waals surface area (Å²) < 4.78 is 6.02. The zero-order chi connectivity index (χ0) is 13.5. The van der Waals surface area contributed by atoms with Crippen molar-refractivity contribution in [3.63, 3.8) is 0 Å². The van der Waals surface area contributed by atoms with Crippen molar-refractivity contribution < 1.29 is 14.6 Å². The van der Waals surface area contributed by atoms with E-state index in [2.05, 4.69) is 21.2 Å². The van der Waals surface area contributed by atoms with Crippen LogP contribution in [0.1, 0.15) is 18.9 Å². The second-order valence-corrected chi connectivity index (χ2v) is 4.98. The highest BCUT2D eigenvalue weighted by Crippen LogP contribution is 2.25. The van der Waals surface area contributed by atoms with E-state index in [0.29, 0.717) is 19.4 Å². The monoisotopic (exact) mass is 315 g/mol. The molecule has 1 amide bonds. The van der Waals surface area contributed by atoms with Crippen LogP contribution in [0.4, 0.5) is 0 Å². The van der Waals surface area contributed by atoms with Crippen LogP contribution in [0.5, 0.6) is 5.75 Å². The van der Waals surface area contributed by atoms with E-state index in [9.17, 15) is 4.79 Å². The van der Waals surface area contributed by atoms with Crippen molar-refractivity contribution in [1.29, 1.82) is 0 Å². The molecule has 0 saturated carbocycles. The summed E-state index contributed by atoms with van der Waals surface area (Å²) in [6.07, 6.45) is 0.559. The van der Waals surface area contributed by atoms with Gasteiger partial charge in [-0.1, -0.05) is 6.07 Å². The van der Waals surface area contributed by atoms with E-state index in [1.165, 1.54) is 0 Å². The number of aliphatic hydroxyl groups excluding tert-OH is 1. The molecule has 0 aliphatic heterocycles. The number of benzene rings is 1. The van der Waals surface area contributed by atoms with Crippen molar-refractivity contribution in [2.75, 3.05) is 13.7 Å². The van der Waals surface area contributed by atoms with Gasteiger partial charge in [-0.25, -0.2) is 0 Å². The number of rotatable bonds is 6. The number of ether oxygens (including phenoxy) is 1. The molecule has 1 atom stereocenters. The standard InChI is InChI=1S/C13H18BrNO3/c1-9(16)8-15-13(17)6-4-10-3-5-12(18-2)11(14)7-10/h3,5,7,9,16H,4,6,8H2,1-2H3,(H,15,17)/t9-/m0/s1. The predicted molar refractivity (Wildman–Crippen MR) is 73.7 cm³/mol.